The van der Waals surface area contributed by atoms with Gasteiger partial charge >= 0.3 is 0 Å². The monoisotopic (exact) mass is 1020 g/mol. The van der Waals surface area contributed by atoms with Crippen molar-refractivity contribution in [3.05, 3.63) is 258 Å². The van der Waals surface area contributed by atoms with Gasteiger partial charge in [-0.05, 0) is 164 Å². The molecule has 0 radical (unpaired) electrons. The summed E-state index contributed by atoms with van der Waals surface area (Å²) in [6.45, 7) is 14.5. The van der Waals surface area contributed by atoms with Crippen LogP contribution in [0.3, 0.4) is 0 Å². The Morgan fingerprint density at radius 1 is 0.329 bits per heavy atom. The molecule has 0 bridgehead atoms. The van der Waals surface area contributed by atoms with Crippen LogP contribution in [0.1, 0.15) is 74.9 Å². The van der Waals surface area contributed by atoms with Gasteiger partial charge in [0.05, 0.1) is 5.69 Å². The lowest BCUT2D eigenvalue weighted by atomic mass is 9.72. The van der Waals surface area contributed by atoms with Gasteiger partial charge < -0.3 is 18.6 Å². The quantitative estimate of drug-likeness (QED) is 0.159. The van der Waals surface area contributed by atoms with E-state index in [1.165, 1.54) is 72.1 Å². The molecule has 0 amide bonds. The van der Waals surface area contributed by atoms with Gasteiger partial charge in [-0.25, -0.2) is 0 Å². The van der Waals surface area contributed by atoms with E-state index in [1.54, 1.807) is 0 Å². The fraction of sp³-hybridized carbons (Fsp3) is 0.122. The molecule has 0 atom stereocenters. The summed E-state index contributed by atoms with van der Waals surface area (Å²) >= 11 is 0. The summed E-state index contributed by atoms with van der Waals surface area (Å²) in [5.41, 5.74) is 26.5. The highest BCUT2D eigenvalue weighted by Crippen LogP contribution is 2.64. The van der Waals surface area contributed by atoms with Crippen molar-refractivity contribution in [3.8, 4) is 44.6 Å². The highest BCUT2D eigenvalue weighted by Gasteiger charge is 2.49. The Balaban J connectivity index is 0.915. The van der Waals surface area contributed by atoms with Crippen LogP contribution in [-0.4, -0.2) is 4.98 Å². The summed E-state index contributed by atoms with van der Waals surface area (Å²) in [4.78, 5) is 9.69. The van der Waals surface area contributed by atoms with Gasteiger partial charge in [0.15, 0.2) is 0 Å². The molecule has 13 aromatic rings. The summed E-state index contributed by atoms with van der Waals surface area (Å²) in [5.74, 6) is 0. The Labute approximate surface area is 459 Å². The molecule has 0 saturated carbocycles. The van der Waals surface area contributed by atoms with Crippen molar-refractivity contribution in [1.82, 2.24) is 4.98 Å². The predicted molar refractivity (Wildman–Crippen MR) is 326 cm³/mol. The van der Waals surface area contributed by atoms with E-state index in [-0.39, 0.29) is 16.2 Å². The van der Waals surface area contributed by atoms with Crippen LogP contribution < -0.4 is 9.80 Å². The van der Waals surface area contributed by atoms with E-state index in [1.807, 2.05) is 12.3 Å². The smallest absolute Gasteiger partial charge is 0.145 e. The number of furan rings is 2. The van der Waals surface area contributed by atoms with E-state index < -0.39 is 0 Å². The lowest BCUT2D eigenvalue weighted by Crippen LogP contribution is -2.24. The summed E-state index contributed by atoms with van der Waals surface area (Å²) in [7, 11) is 0. The lowest BCUT2D eigenvalue weighted by molar-refractivity contribution is 0.600. The predicted octanol–water partition coefficient (Wildman–Crippen LogP) is 20.4. The van der Waals surface area contributed by atoms with Gasteiger partial charge in [-0.1, -0.05) is 157 Å². The average Bonchev–Trinajstić information content (AvgIpc) is 2.08. The minimum absolute atomic E-state index is 0.256. The lowest BCUT2D eigenvalue weighted by Gasteiger charge is -2.32. The normalized spacial score (nSPS) is 14.8. The van der Waals surface area contributed by atoms with Gasteiger partial charge in [-0.15, -0.1) is 0 Å². The Morgan fingerprint density at radius 2 is 0.785 bits per heavy atom. The number of aromatic nitrogens is 1. The summed E-state index contributed by atoms with van der Waals surface area (Å²) < 4.78 is 13.9. The van der Waals surface area contributed by atoms with E-state index in [0.29, 0.717) is 0 Å². The topological polar surface area (TPSA) is 45.7 Å². The molecule has 79 heavy (non-hydrogen) atoms. The first-order valence-electron chi connectivity index (χ1n) is 27.6. The van der Waals surface area contributed by atoms with Crippen molar-refractivity contribution in [2.45, 2.75) is 57.8 Å². The number of hydrogen-bond acceptors (Lipinski definition) is 5. The zero-order valence-electron chi connectivity index (χ0n) is 45.0. The van der Waals surface area contributed by atoms with Gasteiger partial charge in [0, 0.05) is 89.2 Å². The van der Waals surface area contributed by atoms with Crippen molar-refractivity contribution < 1.29 is 8.83 Å². The maximum Gasteiger partial charge on any atom is 0.145 e. The second kappa shape index (κ2) is 16.3. The number of fused-ring (bicyclic) bond motifs is 19. The standard InChI is InChI=1S/C74H55N3O2/c1-72(2)57-41-48(36-38-51(57)63-59(72)43-55(60-29-19-20-40-75-60)70-65(63)53-26-14-17-30-61(53)78-70)77(47-34-32-46(33-35-47)76(44-21-9-7-10-22-44)45-23-11-8-12-24-45)49-37-39-52-58(42-49)74(5,6)68-64(52)66-54-27-15-18-31-62(54)79-71(66)67-50-25-13-16-28-56(50)73(3,4)69(67)68/h7-43H,1-6H3. The second-order valence-corrected chi connectivity index (χ2v) is 23.4. The molecule has 3 aliphatic carbocycles. The van der Waals surface area contributed by atoms with Crippen LogP contribution in [0.15, 0.2) is 233 Å². The Kier molecular flexibility index (Phi) is 9.43. The van der Waals surface area contributed by atoms with Crippen molar-refractivity contribution in [1.29, 1.82) is 0 Å². The highest BCUT2D eigenvalue weighted by molar-refractivity contribution is 6.21. The summed E-state index contributed by atoms with van der Waals surface area (Å²) in [6, 6.07) is 79.4. The van der Waals surface area contributed by atoms with Crippen LogP contribution in [0, 0.1) is 0 Å². The fourth-order valence-corrected chi connectivity index (χ4v) is 14.4. The zero-order valence-corrected chi connectivity index (χ0v) is 45.0. The molecule has 0 aliphatic heterocycles. The maximum atomic E-state index is 7.04. The first kappa shape index (κ1) is 45.7. The van der Waals surface area contributed by atoms with Crippen molar-refractivity contribution >= 4 is 78.0 Å². The molecule has 0 fully saturated rings. The van der Waals surface area contributed by atoms with Crippen LogP contribution in [0.25, 0.3) is 88.5 Å². The average molecular weight is 1020 g/mol. The van der Waals surface area contributed by atoms with Crippen LogP contribution >= 0.6 is 0 Å². The van der Waals surface area contributed by atoms with Crippen molar-refractivity contribution in [2.75, 3.05) is 9.80 Å². The van der Waals surface area contributed by atoms with E-state index in [4.69, 9.17) is 13.8 Å². The van der Waals surface area contributed by atoms with Crippen LogP contribution in [0.5, 0.6) is 0 Å². The van der Waals surface area contributed by atoms with Crippen molar-refractivity contribution in [3.63, 3.8) is 0 Å². The van der Waals surface area contributed by atoms with Gasteiger partial charge in [-0.3, -0.25) is 4.98 Å². The minimum atomic E-state index is -0.372. The molecule has 10 aromatic carbocycles. The molecule has 3 aromatic heterocycles. The zero-order chi connectivity index (χ0) is 53.1. The van der Waals surface area contributed by atoms with Crippen LogP contribution in [-0.2, 0) is 16.2 Å². The second-order valence-electron chi connectivity index (χ2n) is 23.4. The SMILES string of the molecule is CC1(C)c2cc(N(c3ccc(N(c4ccccc4)c4ccccc4)cc3)c3ccc4c(c3)C(C)(C)c3c5c(c6oc7ccccc7c6c3-4)-c3ccccc3C5(C)C)ccc2-c2c1cc(-c1ccccn1)c1oc3ccccc3c21. The number of hydrogen-bond donors (Lipinski definition) is 0. The van der Waals surface area contributed by atoms with E-state index in [0.717, 1.165) is 83.9 Å². The number of pyridine rings is 1. The minimum Gasteiger partial charge on any atom is -0.455 e. The summed E-state index contributed by atoms with van der Waals surface area (Å²) in [6.07, 6.45) is 1.87. The van der Waals surface area contributed by atoms with Gasteiger partial charge in [-0.2, -0.15) is 0 Å². The van der Waals surface area contributed by atoms with Crippen LogP contribution in [0.4, 0.5) is 34.1 Å². The summed E-state index contributed by atoms with van der Waals surface area (Å²) in [5, 5.41) is 4.61. The molecule has 16 rings (SSSR count). The molecule has 378 valence electrons. The molecule has 0 unspecified atom stereocenters. The molecule has 5 heteroatoms. The molecule has 0 saturated heterocycles. The number of rotatable bonds is 7. The number of nitrogens with zero attached hydrogens (tertiary/aromatic N) is 3. The van der Waals surface area contributed by atoms with E-state index >= 15 is 0 Å². The molecule has 0 spiro atoms. The Bertz CT molecular complexity index is 4640. The first-order valence-corrected chi connectivity index (χ1v) is 27.6. The third-order valence-electron chi connectivity index (χ3n) is 18.0. The highest BCUT2D eigenvalue weighted by atomic mass is 16.3. The van der Waals surface area contributed by atoms with Crippen LogP contribution in [0.2, 0.25) is 0 Å². The molecule has 0 N–H and O–H groups in total. The largest absolute Gasteiger partial charge is 0.455 e. The molecule has 3 heterocycles. The van der Waals surface area contributed by atoms with Crippen molar-refractivity contribution in [2.24, 2.45) is 0 Å². The van der Waals surface area contributed by atoms with Gasteiger partial charge in [0.2, 0.25) is 0 Å². The van der Waals surface area contributed by atoms with Gasteiger partial charge in [0.25, 0.3) is 0 Å². The number of para-hydroxylation sites is 4. The number of anilines is 6. The Morgan fingerprint density at radius 3 is 1.41 bits per heavy atom. The third kappa shape index (κ3) is 6.30. The molecule has 5 nitrogen and oxygen atoms in total. The third-order valence-corrected chi connectivity index (χ3v) is 18.0. The van der Waals surface area contributed by atoms with E-state index in [9.17, 15) is 0 Å². The molecular formula is C74H55N3O2. The van der Waals surface area contributed by atoms with E-state index in [2.05, 4.69) is 264 Å². The maximum absolute atomic E-state index is 7.04. The fourth-order valence-electron chi connectivity index (χ4n) is 14.4. The Hall–Kier alpha value is -9.45. The number of benzene rings is 10. The first-order chi connectivity index (χ1) is 38.5. The molecular weight excluding hydrogens is 963 g/mol. The molecule has 3 aliphatic rings. The van der Waals surface area contributed by atoms with Gasteiger partial charge in [0.1, 0.15) is 22.3 Å².